The third-order valence-electron chi connectivity index (χ3n) is 4.19. The molecule has 2 aromatic heterocycles. The van der Waals surface area contributed by atoms with Crippen molar-refractivity contribution in [2.45, 2.75) is 25.3 Å². The average Bonchev–Trinajstić information content (AvgIpc) is 3.26. The van der Waals surface area contributed by atoms with Gasteiger partial charge in [-0.1, -0.05) is 6.42 Å². The third-order valence-corrected chi connectivity index (χ3v) is 4.19. The average molecular weight is 313 g/mol. The zero-order chi connectivity index (χ0) is 16.2. The minimum Gasteiger partial charge on any atom is -0.359 e. The maximum atomic E-state index is 12.4. The number of amides is 2. The first-order valence-electron chi connectivity index (χ1n) is 7.66. The van der Waals surface area contributed by atoms with E-state index in [0.29, 0.717) is 11.4 Å². The Bertz CT molecular complexity index is 681. The number of rotatable bonds is 4. The maximum absolute atomic E-state index is 12.4. The first-order valence-corrected chi connectivity index (χ1v) is 7.66. The first kappa shape index (κ1) is 15.2. The van der Waals surface area contributed by atoms with E-state index in [1.807, 2.05) is 0 Å². The highest BCUT2D eigenvalue weighted by molar-refractivity contribution is 5.94. The van der Waals surface area contributed by atoms with E-state index in [-0.39, 0.29) is 23.8 Å². The molecule has 23 heavy (non-hydrogen) atoms. The van der Waals surface area contributed by atoms with Gasteiger partial charge in [-0.15, -0.1) is 0 Å². The molecule has 0 unspecified atom stereocenters. The lowest BCUT2D eigenvalue weighted by Gasteiger charge is -2.19. The predicted molar refractivity (Wildman–Crippen MR) is 84.0 cm³/mol. The van der Waals surface area contributed by atoms with Gasteiger partial charge in [0, 0.05) is 31.7 Å². The van der Waals surface area contributed by atoms with E-state index >= 15 is 0 Å². The van der Waals surface area contributed by atoms with E-state index in [1.54, 1.807) is 42.5 Å². The minimum atomic E-state index is -0.199. The van der Waals surface area contributed by atoms with Crippen molar-refractivity contribution < 1.29 is 9.59 Å². The van der Waals surface area contributed by atoms with Gasteiger partial charge in [-0.2, -0.15) is 0 Å². The van der Waals surface area contributed by atoms with Crippen molar-refractivity contribution in [2.75, 3.05) is 7.05 Å². The van der Waals surface area contributed by atoms with Crippen molar-refractivity contribution in [1.82, 2.24) is 25.2 Å². The number of hydrogen-bond acceptors (Lipinski definition) is 4. The maximum Gasteiger partial charge on any atom is 0.253 e. The highest BCUT2D eigenvalue weighted by Gasteiger charge is 2.33. The van der Waals surface area contributed by atoms with Crippen molar-refractivity contribution in [3.63, 3.8) is 0 Å². The molecule has 1 saturated carbocycles. The van der Waals surface area contributed by atoms with E-state index in [2.05, 4.69) is 20.6 Å². The topological polar surface area (TPSA) is 88.9 Å². The molecule has 2 aromatic rings. The molecule has 7 heteroatoms. The van der Waals surface area contributed by atoms with Crippen molar-refractivity contribution in [3.8, 4) is 5.82 Å². The molecule has 2 atom stereocenters. The highest BCUT2D eigenvalue weighted by atomic mass is 16.2. The summed E-state index contributed by atoms with van der Waals surface area (Å²) in [4.78, 5) is 32.4. The van der Waals surface area contributed by atoms with Crippen LogP contribution in [0.25, 0.3) is 5.82 Å². The third kappa shape index (κ3) is 3.23. The van der Waals surface area contributed by atoms with Crippen LogP contribution in [0.4, 0.5) is 0 Å². The number of pyridine rings is 1. The summed E-state index contributed by atoms with van der Waals surface area (Å²) in [5.41, 5.74) is 0.483. The molecule has 7 nitrogen and oxygen atoms in total. The summed E-state index contributed by atoms with van der Waals surface area (Å²) in [5, 5.41) is 5.62. The summed E-state index contributed by atoms with van der Waals surface area (Å²) in [5.74, 6) is 0.335. The van der Waals surface area contributed by atoms with Crippen LogP contribution in [0.15, 0.2) is 37.1 Å². The van der Waals surface area contributed by atoms with Crippen molar-refractivity contribution in [1.29, 1.82) is 0 Å². The number of nitrogens with one attached hydrogen (secondary N) is 2. The summed E-state index contributed by atoms with van der Waals surface area (Å²) in [6, 6.07) is 3.37. The fraction of sp³-hybridized carbons (Fsp3) is 0.375. The molecule has 1 aliphatic carbocycles. The predicted octanol–water partition coefficient (Wildman–Crippen LogP) is 0.912. The SMILES string of the molecule is CNC(=O)[C@@H]1CCC[C@@H]1NC(=O)c1ccc(-n2ccnc2)nc1. The molecule has 0 spiro atoms. The zero-order valence-corrected chi connectivity index (χ0v) is 12.9. The Kier molecular flexibility index (Phi) is 4.36. The molecule has 0 aromatic carbocycles. The van der Waals surface area contributed by atoms with E-state index in [4.69, 9.17) is 0 Å². The first-order chi connectivity index (χ1) is 11.2. The number of aromatic nitrogens is 3. The van der Waals surface area contributed by atoms with Crippen LogP contribution < -0.4 is 10.6 Å². The van der Waals surface area contributed by atoms with Crippen molar-refractivity contribution in [2.24, 2.45) is 5.92 Å². The molecule has 1 fully saturated rings. The molecule has 2 N–H and O–H groups in total. The minimum absolute atomic E-state index is 0.0126. The Morgan fingerprint density at radius 1 is 1.30 bits per heavy atom. The fourth-order valence-electron chi connectivity index (χ4n) is 2.95. The smallest absolute Gasteiger partial charge is 0.253 e. The van der Waals surface area contributed by atoms with Crippen LogP contribution in [0.2, 0.25) is 0 Å². The van der Waals surface area contributed by atoms with Gasteiger partial charge in [0.15, 0.2) is 0 Å². The van der Waals surface area contributed by atoms with Crippen LogP contribution in [-0.2, 0) is 4.79 Å². The molecule has 3 rings (SSSR count). The molecule has 120 valence electrons. The van der Waals surface area contributed by atoms with Crippen molar-refractivity contribution >= 4 is 11.8 Å². The molecule has 0 aliphatic heterocycles. The van der Waals surface area contributed by atoms with Gasteiger partial charge in [0.05, 0.1) is 11.5 Å². The quantitative estimate of drug-likeness (QED) is 0.878. The molecule has 0 saturated heterocycles. The Labute approximate surface area is 134 Å². The molecule has 1 aliphatic rings. The van der Waals surface area contributed by atoms with E-state index in [1.165, 1.54) is 6.20 Å². The Morgan fingerprint density at radius 3 is 2.83 bits per heavy atom. The van der Waals surface area contributed by atoms with E-state index < -0.39 is 0 Å². The molecule has 2 heterocycles. The molecule has 0 bridgehead atoms. The lowest BCUT2D eigenvalue weighted by molar-refractivity contribution is -0.124. The molecular formula is C16H19N5O2. The van der Waals surface area contributed by atoms with Crippen LogP contribution in [0.5, 0.6) is 0 Å². The summed E-state index contributed by atoms with van der Waals surface area (Å²) < 4.78 is 1.76. The van der Waals surface area contributed by atoms with Crippen LogP contribution in [-0.4, -0.2) is 39.4 Å². The summed E-state index contributed by atoms with van der Waals surface area (Å²) >= 11 is 0. The van der Waals surface area contributed by atoms with Gasteiger partial charge in [-0.05, 0) is 25.0 Å². The van der Waals surface area contributed by atoms with E-state index in [0.717, 1.165) is 19.3 Å². The lowest BCUT2D eigenvalue weighted by atomic mass is 10.0. The van der Waals surface area contributed by atoms with Crippen LogP contribution in [0.3, 0.4) is 0 Å². The zero-order valence-electron chi connectivity index (χ0n) is 12.9. The van der Waals surface area contributed by atoms with Crippen LogP contribution >= 0.6 is 0 Å². The normalized spacial score (nSPS) is 20.2. The van der Waals surface area contributed by atoms with Gasteiger partial charge in [0.25, 0.3) is 5.91 Å². The van der Waals surface area contributed by atoms with Gasteiger partial charge in [-0.3, -0.25) is 14.2 Å². The van der Waals surface area contributed by atoms with Crippen molar-refractivity contribution in [3.05, 3.63) is 42.6 Å². The summed E-state index contributed by atoms with van der Waals surface area (Å²) in [7, 11) is 1.62. The Morgan fingerprint density at radius 2 is 2.17 bits per heavy atom. The molecular weight excluding hydrogens is 294 g/mol. The Balaban J connectivity index is 1.67. The van der Waals surface area contributed by atoms with Crippen LogP contribution in [0.1, 0.15) is 29.6 Å². The largest absolute Gasteiger partial charge is 0.359 e. The summed E-state index contributed by atoms with van der Waals surface area (Å²) in [6.07, 6.45) is 9.21. The fourth-order valence-corrected chi connectivity index (χ4v) is 2.95. The standard InChI is InChI=1S/C16H19N5O2/c1-17-16(23)12-3-2-4-13(12)20-15(22)11-5-6-14(19-9-11)21-8-7-18-10-21/h5-10,12-13H,2-4H2,1H3,(H,17,23)(H,20,22)/t12-,13+/m1/s1. The monoisotopic (exact) mass is 313 g/mol. The van der Waals surface area contributed by atoms with Crippen LogP contribution in [0, 0.1) is 5.92 Å². The van der Waals surface area contributed by atoms with Gasteiger partial charge < -0.3 is 10.6 Å². The second-order valence-corrected chi connectivity index (χ2v) is 5.61. The number of carbonyl (C=O) groups is 2. The van der Waals surface area contributed by atoms with E-state index in [9.17, 15) is 9.59 Å². The lowest BCUT2D eigenvalue weighted by Crippen LogP contribution is -2.43. The highest BCUT2D eigenvalue weighted by Crippen LogP contribution is 2.26. The van der Waals surface area contributed by atoms with Gasteiger partial charge >= 0.3 is 0 Å². The van der Waals surface area contributed by atoms with Gasteiger partial charge in [0.1, 0.15) is 12.1 Å². The van der Waals surface area contributed by atoms with Gasteiger partial charge in [-0.25, -0.2) is 9.97 Å². The molecule has 2 amide bonds. The second-order valence-electron chi connectivity index (χ2n) is 5.61. The number of carbonyl (C=O) groups excluding carboxylic acids is 2. The van der Waals surface area contributed by atoms with Gasteiger partial charge in [0.2, 0.25) is 5.91 Å². The second kappa shape index (κ2) is 6.60. The number of nitrogens with zero attached hydrogens (tertiary/aromatic N) is 3. The number of hydrogen-bond donors (Lipinski definition) is 2. The number of imidazole rings is 1. The molecule has 0 radical (unpaired) electrons. The Hall–Kier alpha value is -2.70. The summed E-state index contributed by atoms with van der Waals surface area (Å²) in [6.45, 7) is 0.